The van der Waals surface area contributed by atoms with Crippen molar-refractivity contribution in [1.82, 2.24) is 16.0 Å². The summed E-state index contributed by atoms with van der Waals surface area (Å²) in [6, 6.07) is 6.21. The van der Waals surface area contributed by atoms with Gasteiger partial charge >= 0.3 is 0 Å². The molecule has 0 aliphatic carbocycles. The summed E-state index contributed by atoms with van der Waals surface area (Å²) in [5, 5.41) is 19.7. The molecule has 1 aromatic heterocycles. The number of nitrogens with zero attached hydrogens (tertiary/aromatic N) is 1. The van der Waals surface area contributed by atoms with E-state index < -0.39 is 11.4 Å². The summed E-state index contributed by atoms with van der Waals surface area (Å²) < 4.78 is 19.1. The number of carbonyl (C=O) groups excluding carboxylic acids is 1. The Bertz CT molecular complexity index is 906. The molecule has 2 rings (SSSR count). The summed E-state index contributed by atoms with van der Waals surface area (Å²) >= 11 is 0. The number of hydrogen-bond acceptors (Lipinski definition) is 4. The predicted molar refractivity (Wildman–Crippen MR) is 115 cm³/mol. The normalized spacial score (nSPS) is 13.6. The molecule has 0 aliphatic rings. The molecule has 1 heterocycles. The summed E-state index contributed by atoms with van der Waals surface area (Å²) in [6.45, 7) is 10.4. The number of furan rings is 1. The molecular weight excluding hydrogens is 387 g/mol. The molecule has 0 bridgehead atoms. The van der Waals surface area contributed by atoms with Crippen molar-refractivity contribution < 1.29 is 18.7 Å². The molecule has 1 atom stereocenters. The molecule has 2 aromatic rings. The minimum atomic E-state index is -1.17. The molecule has 1 aromatic carbocycles. The average Bonchev–Trinajstić information content (AvgIpc) is 3.04. The van der Waals surface area contributed by atoms with Gasteiger partial charge in [-0.15, -0.1) is 0 Å². The number of aryl methyl sites for hydroxylation is 3. The summed E-state index contributed by atoms with van der Waals surface area (Å²) in [6.07, 6.45) is 0. The first-order chi connectivity index (χ1) is 14.1. The number of aliphatic imine (C=N–C) groups is 1. The second-order valence-corrected chi connectivity index (χ2v) is 7.44. The Morgan fingerprint density at radius 3 is 2.47 bits per heavy atom. The van der Waals surface area contributed by atoms with Gasteiger partial charge in [-0.2, -0.15) is 0 Å². The molecule has 1 unspecified atom stereocenters. The monoisotopic (exact) mass is 418 g/mol. The van der Waals surface area contributed by atoms with Crippen molar-refractivity contribution in [2.24, 2.45) is 4.99 Å². The zero-order chi connectivity index (χ0) is 22.3. The number of rotatable bonds is 8. The molecule has 164 valence electrons. The highest BCUT2D eigenvalue weighted by Crippen LogP contribution is 2.27. The van der Waals surface area contributed by atoms with Crippen LogP contribution in [0.25, 0.3) is 0 Å². The van der Waals surface area contributed by atoms with Crippen LogP contribution in [-0.4, -0.2) is 43.2 Å². The third-order valence-corrected chi connectivity index (χ3v) is 4.65. The maximum absolute atomic E-state index is 13.6. The molecule has 8 heteroatoms. The second-order valence-electron chi connectivity index (χ2n) is 7.44. The van der Waals surface area contributed by atoms with E-state index in [9.17, 15) is 14.3 Å². The predicted octanol–water partition coefficient (Wildman–Crippen LogP) is 2.54. The molecule has 4 N–H and O–H groups in total. The molecule has 0 aliphatic heterocycles. The molecule has 30 heavy (non-hydrogen) atoms. The van der Waals surface area contributed by atoms with E-state index in [-0.39, 0.29) is 18.0 Å². The number of hydrogen-bond donors (Lipinski definition) is 4. The van der Waals surface area contributed by atoms with Gasteiger partial charge < -0.3 is 25.5 Å². The molecule has 0 radical (unpaired) electrons. The molecule has 0 saturated carbocycles. The third kappa shape index (κ3) is 6.32. The molecule has 1 amide bonds. The fourth-order valence-corrected chi connectivity index (χ4v) is 3.02. The van der Waals surface area contributed by atoms with Crippen molar-refractivity contribution in [2.45, 2.75) is 40.2 Å². The smallest absolute Gasteiger partial charge is 0.251 e. The Morgan fingerprint density at radius 1 is 1.17 bits per heavy atom. The third-order valence-electron chi connectivity index (χ3n) is 4.65. The Kier molecular flexibility index (Phi) is 8.00. The van der Waals surface area contributed by atoms with Gasteiger partial charge in [0.2, 0.25) is 0 Å². The van der Waals surface area contributed by atoms with Crippen molar-refractivity contribution in [3.05, 3.63) is 58.3 Å². The molecule has 0 saturated heterocycles. The van der Waals surface area contributed by atoms with Gasteiger partial charge in [0.1, 0.15) is 22.9 Å². The Balaban J connectivity index is 1.89. The average molecular weight is 419 g/mol. The minimum Gasteiger partial charge on any atom is -0.466 e. The van der Waals surface area contributed by atoms with Gasteiger partial charge in [0, 0.05) is 30.8 Å². The Labute approximate surface area is 176 Å². The van der Waals surface area contributed by atoms with E-state index in [4.69, 9.17) is 4.42 Å². The minimum absolute atomic E-state index is 0.136. The van der Waals surface area contributed by atoms with Gasteiger partial charge in [0.25, 0.3) is 5.91 Å². The number of halogens is 1. The van der Waals surface area contributed by atoms with Crippen molar-refractivity contribution in [3.8, 4) is 0 Å². The lowest BCUT2D eigenvalue weighted by atomic mass is 9.96. The van der Waals surface area contributed by atoms with Gasteiger partial charge in [-0.1, -0.05) is 6.07 Å². The fourth-order valence-electron chi connectivity index (χ4n) is 3.02. The summed E-state index contributed by atoms with van der Waals surface area (Å²) in [5.74, 6) is 1.18. The quantitative estimate of drug-likeness (QED) is 0.300. The van der Waals surface area contributed by atoms with Crippen molar-refractivity contribution in [1.29, 1.82) is 0 Å². The second kappa shape index (κ2) is 10.2. The van der Waals surface area contributed by atoms with Crippen molar-refractivity contribution in [3.63, 3.8) is 0 Å². The largest absolute Gasteiger partial charge is 0.466 e. The van der Waals surface area contributed by atoms with E-state index in [1.807, 2.05) is 26.8 Å². The summed E-state index contributed by atoms with van der Waals surface area (Å²) in [7, 11) is 0. The Hall–Kier alpha value is -2.87. The molecule has 0 spiro atoms. The number of amides is 1. The van der Waals surface area contributed by atoms with Crippen LogP contribution in [0.1, 0.15) is 46.9 Å². The maximum atomic E-state index is 13.6. The van der Waals surface area contributed by atoms with Crippen LogP contribution in [0, 0.1) is 26.6 Å². The highest BCUT2D eigenvalue weighted by molar-refractivity contribution is 5.94. The molecule has 7 nitrogen and oxygen atoms in total. The lowest BCUT2D eigenvalue weighted by molar-refractivity contribution is 0.0657. The van der Waals surface area contributed by atoms with Gasteiger partial charge in [-0.05, 0) is 58.4 Å². The topological polar surface area (TPSA) is 98.9 Å². The van der Waals surface area contributed by atoms with E-state index >= 15 is 0 Å². The highest BCUT2D eigenvalue weighted by atomic mass is 19.1. The maximum Gasteiger partial charge on any atom is 0.251 e. The lowest BCUT2D eigenvalue weighted by Gasteiger charge is -2.21. The van der Waals surface area contributed by atoms with Gasteiger partial charge in [-0.25, -0.2) is 9.38 Å². The SMILES string of the molecule is CCNC(=NCC(C)(O)c1cc(C)oc1C)NCCNC(=O)c1ccc(C)c(F)c1. The first-order valence-electron chi connectivity index (χ1n) is 10.0. The van der Waals surface area contributed by atoms with Crippen molar-refractivity contribution >= 4 is 11.9 Å². The number of aliphatic hydroxyl groups is 1. The van der Waals surface area contributed by atoms with E-state index in [0.29, 0.717) is 42.5 Å². The van der Waals surface area contributed by atoms with Crippen LogP contribution < -0.4 is 16.0 Å². The number of guanidine groups is 1. The van der Waals surface area contributed by atoms with Gasteiger partial charge in [-0.3, -0.25) is 4.79 Å². The first kappa shape index (κ1) is 23.4. The van der Waals surface area contributed by atoms with Gasteiger partial charge in [0.05, 0.1) is 6.54 Å². The first-order valence-corrected chi connectivity index (χ1v) is 10.0. The zero-order valence-electron chi connectivity index (χ0n) is 18.2. The van der Waals surface area contributed by atoms with Crippen LogP contribution >= 0.6 is 0 Å². The van der Waals surface area contributed by atoms with Crippen LogP contribution in [-0.2, 0) is 5.60 Å². The highest BCUT2D eigenvalue weighted by Gasteiger charge is 2.27. The van der Waals surface area contributed by atoms with E-state index in [1.165, 1.54) is 6.07 Å². The van der Waals surface area contributed by atoms with Crippen LogP contribution in [0.5, 0.6) is 0 Å². The summed E-state index contributed by atoms with van der Waals surface area (Å²) in [4.78, 5) is 16.6. The van der Waals surface area contributed by atoms with E-state index in [2.05, 4.69) is 20.9 Å². The fraction of sp³-hybridized carbons (Fsp3) is 0.455. The van der Waals surface area contributed by atoms with Crippen LogP contribution in [0.4, 0.5) is 4.39 Å². The van der Waals surface area contributed by atoms with E-state index in [0.717, 1.165) is 5.76 Å². The number of benzene rings is 1. The Morgan fingerprint density at radius 2 is 1.87 bits per heavy atom. The van der Waals surface area contributed by atoms with Crippen LogP contribution in [0.3, 0.4) is 0 Å². The lowest BCUT2D eigenvalue weighted by Crippen LogP contribution is -2.42. The van der Waals surface area contributed by atoms with E-state index in [1.54, 1.807) is 26.0 Å². The van der Waals surface area contributed by atoms with Crippen LogP contribution in [0.2, 0.25) is 0 Å². The number of nitrogens with one attached hydrogen (secondary N) is 3. The van der Waals surface area contributed by atoms with Gasteiger partial charge in [0.15, 0.2) is 5.96 Å². The van der Waals surface area contributed by atoms with Crippen molar-refractivity contribution in [2.75, 3.05) is 26.2 Å². The zero-order valence-corrected chi connectivity index (χ0v) is 18.2. The summed E-state index contributed by atoms with van der Waals surface area (Å²) in [5.41, 5.74) is 0.308. The standard InChI is InChI=1S/C22H31FN4O3/c1-6-24-21(27-13-22(5,29)18-11-15(3)30-16(18)4)26-10-9-25-20(28)17-8-7-14(2)19(23)12-17/h7-8,11-12,29H,6,9-10,13H2,1-5H3,(H,25,28)(H2,24,26,27). The molecule has 0 fully saturated rings. The number of carbonyl (C=O) groups is 1. The molecular formula is C22H31FN4O3. The van der Waals surface area contributed by atoms with Crippen LogP contribution in [0.15, 0.2) is 33.7 Å².